The highest BCUT2D eigenvalue weighted by atomic mass is 14.3. The van der Waals surface area contributed by atoms with Crippen molar-refractivity contribution < 1.29 is 0 Å². The molecule has 0 heteroatoms. The van der Waals surface area contributed by atoms with Crippen LogP contribution < -0.4 is 0 Å². The molecule has 0 radical (unpaired) electrons. The maximum atomic E-state index is 2.45. The Kier molecular flexibility index (Phi) is 10.1. The Bertz CT molecular complexity index is 710. The first-order valence-corrected chi connectivity index (χ1v) is 13.3. The van der Waals surface area contributed by atoms with Crippen molar-refractivity contribution in [3.05, 3.63) is 59.7 Å². The van der Waals surface area contributed by atoms with Crippen molar-refractivity contribution in [2.45, 2.75) is 118 Å². The largest absolute Gasteiger partial charge is 0.0645 e. The molecule has 2 unspecified atom stereocenters. The minimum atomic E-state index is 0.288. The SMILES string of the molecule is CCC(C)(CCCC(C)C)c1ccc(-c2ccc(C(C)(CC)CCCC(C)C)cc2)cc1. The molecule has 0 aliphatic rings. The third kappa shape index (κ3) is 7.23. The summed E-state index contributed by atoms with van der Waals surface area (Å²) in [5.41, 5.74) is 6.23. The van der Waals surface area contributed by atoms with Crippen LogP contribution in [0.25, 0.3) is 11.1 Å². The molecule has 0 saturated heterocycles. The Hall–Kier alpha value is -1.56. The van der Waals surface area contributed by atoms with E-state index >= 15 is 0 Å². The van der Waals surface area contributed by atoms with Gasteiger partial charge in [0.2, 0.25) is 0 Å². The van der Waals surface area contributed by atoms with E-state index in [-0.39, 0.29) is 10.8 Å². The van der Waals surface area contributed by atoms with Crippen LogP contribution in [-0.2, 0) is 10.8 Å². The summed E-state index contributed by atoms with van der Waals surface area (Å²) in [5.74, 6) is 1.59. The zero-order chi connectivity index (χ0) is 23.8. The maximum absolute atomic E-state index is 2.45. The molecular formula is C32H50. The Morgan fingerprint density at radius 2 is 0.875 bits per heavy atom. The molecule has 32 heavy (non-hydrogen) atoms. The van der Waals surface area contributed by atoms with Crippen LogP contribution in [0.5, 0.6) is 0 Å². The van der Waals surface area contributed by atoms with E-state index in [1.54, 1.807) is 0 Å². The molecule has 0 fully saturated rings. The summed E-state index contributed by atoms with van der Waals surface area (Å²) in [6.07, 6.45) is 10.3. The lowest BCUT2D eigenvalue weighted by Gasteiger charge is -2.30. The Morgan fingerprint density at radius 1 is 0.562 bits per heavy atom. The zero-order valence-electron chi connectivity index (χ0n) is 22.4. The van der Waals surface area contributed by atoms with E-state index in [2.05, 4.69) is 104 Å². The van der Waals surface area contributed by atoms with Crippen LogP contribution in [0.15, 0.2) is 48.5 Å². The highest BCUT2D eigenvalue weighted by molar-refractivity contribution is 5.64. The van der Waals surface area contributed by atoms with Gasteiger partial charge in [0.1, 0.15) is 0 Å². The smallest absolute Gasteiger partial charge is 0.00779 e. The van der Waals surface area contributed by atoms with Gasteiger partial charge in [-0.1, -0.05) is 130 Å². The lowest BCUT2D eigenvalue weighted by Crippen LogP contribution is -2.21. The minimum absolute atomic E-state index is 0.288. The molecule has 0 nitrogen and oxygen atoms in total. The second kappa shape index (κ2) is 12.1. The number of benzene rings is 2. The van der Waals surface area contributed by atoms with Crippen LogP contribution in [0, 0.1) is 11.8 Å². The first kappa shape index (κ1) is 26.7. The van der Waals surface area contributed by atoms with Crippen molar-refractivity contribution in [2.24, 2.45) is 11.8 Å². The van der Waals surface area contributed by atoms with Gasteiger partial charge in [-0.25, -0.2) is 0 Å². The molecule has 178 valence electrons. The number of hydrogen-bond donors (Lipinski definition) is 0. The molecule has 0 aliphatic carbocycles. The highest BCUT2D eigenvalue weighted by Gasteiger charge is 2.25. The van der Waals surface area contributed by atoms with Crippen molar-refractivity contribution in [3.8, 4) is 11.1 Å². The molecule has 0 aromatic heterocycles. The van der Waals surface area contributed by atoms with Crippen molar-refractivity contribution in [1.82, 2.24) is 0 Å². The molecule has 2 aromatic carbocycles. The molecule has 0 aliphatic heterocycles. The molecule has 0 heterocycles. The summed E-state index contributed by atoms with van der Waals surface area (Å²) < 4.78 is 0. The van der Waals surface area contributed by atoms with Crippen molar-refractivity contribution in [2.75, 3.05) is 0 Å². The molecule has 0 N–H and O–H groups in total. The summed E-state index contributed by atoms with van der Waals surface area (Å²) in [7, 11) is 0. The van der Waals surface area contributed by atoms with E-state index in [1.807, 2.05) is 0 Å². The van der Waals surface area contributed by atoms with E-state index in [9.17, 15) is 0 Å². The second-order valence-corrected chi connectivity index (χ2v) is 11.6. The third-order valence-electron chi connectivity index (χ3n) is 8.08. The molecular weight excluding hydrogens is 384 g/mol. The maximum Gasteiger partial charge on any atom is -0.00779 e. The monoisotopic (exact) mass is 434 g/mol. The van der Waals surface area contributed by atoms with Gasteiger partial charge in [-0.2, -0.15) is 0 Å². The molecule has 2 rings (SSSR count). The van der Waals surface area contributed by atoms with Crippen LogP contribution in [0.4, 0.5) is 0 Å². The molecule has 0 amide bonds. The van der Waals surface area contributed by atoms with Crippen LogP contribution in [0.2, 0.25) is 0 Å². The minimum Gasteiger partial charge on any atom is -0.0645 e. The summed E-state index contributed by atoms with van der Waals surface area (Å²) >= 11 is 0. The summed E-state index contributed by atoms with van der Waals surface area (Å²) in [4.78, 5) is 0. The van der Waals surface area contributed by atoms with E-state index in [0.717, 1.165) is 11.8 Å². The highest BCUT2D eigenvalue weighted by Crippen LogP contribution is 2.37. The van der Waals surface area contributed by atoms with Crippen molar-refractivity contribution in [3.63, 3.8) is 0 Å². The van der Waals surface area contributed by atoms with Gasteiger partial charge in [0.25, 0.3) is 0 Å². The van der Waals surface area contributed by atoms with Gasteiger partial charge >= 0.3 is 0 Å². The van der Waals surface area contributed by atoms with Gasteiger partial charge < -0.3 is 0 Å². The van der Waals surface area contributed by atoms with Gasteiger partial charge in [-0.3, -0.25) is 0 Å². The van der Waals surface area contributed by atoms with Gasteiger partial charge in [-0.05, 0) is 70.6 Å². The topological polar surface area (TPSA) is 0 Å². The Balaban J connectivity index is 2.12. The molecule has 2 atom stereocenters. The number of rotatable bonds is 13. The van der Waals surface area contributed by atoms with Crippen LogP contribution in [0.1, 0.15) is 118 Å². The lowest BCUT2D eigenvalue weighted by molar-refractivity contribution is 0.382. The first-order valence-electron chi connectivity index (χ1n) is 13.3. The van der Waals surface area contributed by atoms with Gasteiger partial charge in [0, 0.05) is 0 Å². The molecule has 0 spiro atoms. The second-order valence-electron chi connectivity index (χ2n) is 11.6. The molecule has 2 aromatic rings. The van der Waals surface area contributed by atoms with E-state index < -0.39 is 0 Å². The van der Waals surface area contributed by atoms with Crippen LogP contribution in [0.3, 0.4) is 0 Å². The van der Waals surface area contributed by atoms with E-state index in [0.29, 0.717) is 0 Å². The standard InChI is InChI=1S/C32H50/c1-9-31(7,23-11-13-25(3)4)29-19-15-27(16-20-29)28-17-21-30(22-18-28)32(8,10-2)24-12-14-26(5)6/h15-22,25-26H,9-14,23-24H2,1-8H3. The predicted octanol–water partition coefficient (Wildman–Crippen LogP) is 10.3. The first-order chi connectivity index (χ1) is 15.1. The zero-order valence-corrected chi connectivity index (χ0v) is 22.4. The normalized spacial score (nSPS) is 15.7. The summed E-state index contributed by atoms with van der Waals surface area (Å²) in [6, 6.07) is 18.9. The van der Waals surface area contributed by atoms with Crippen LogP contribution >= 0.6 is 0 Å². The number of hydrogen-bond acceptors (Lipinski definition) is 0. The lowest BCUT2D eigenvalue weighted by atomic mass is 9.75. The predicted molar refractivity (Wildman–Crippen MR) is 145 cm³/mol. The fourth-order valence-corrected chi connectivity index (χ4v) is 4.98. The average molecular weight is 435 g/mol. The van der Waals surface area contributed by atoms with Gasteiger partial charge in [0.15, 0.2) is 0 Å². The average Bonchev–Trinajstić information content (AvgIpc) is 2.78. The third-order valence-corrected chi connectivity index (χ3v) is 8.08. The van der Waals surface area contributed by atoms with Crippen LogP contribution in [-0.4, -0.2) is 0 Å². The fourth-order valence-electron chi connectivity index (χ4n) is 4.98. The summed E-state index contributed by atoms with van der Waals surface area (Å²) in [5, 5.41) is 0. The van der Waals surface area contributed by atoms with Crippen molar-refractivity contribution >= 4 is 0 Å². The van der Waals surface area contributed by atoms with Gasteiger partial charge in [-0.15, -0.1) is 0 Å². The van der Waals surface area contributed by atoms with Crippen molar-refractivity contribution in [1.29, 1.82) is 0 Å². The van der Waals surface area contributed by atoms with E-state index in [4.69, 9.17) is 0 Å². The molecule has 0 bridgehead atoms. The Morgan fingerprint density at radius 3 is 1.12 bits per heavy atom. The van der Waals surface area contributed by atoms with Gasteiger partial charge in [0.05, 0.1) is 0 Å². The summed E-state index contributed by atoms with van der Waals surface area (Å²) in [6.45, 7) is 18.9. The quantitative estimate of drug-likeness (QED) is 0.294. The van der Waals surface area contributed by atoms with E-state index in [1.165, 1.54) is 73.6 Å². The fraction of sp³-hybridized carbons (Fsp3) is 0.625. The Labute approximate surface area is 200 Å². The molecule has 0 saturated carbocycles.